The van der Waals surface area contributed by atoms with Gasteiger partial charge >= 0.3 is 0 Å². The van der Waals surface area contributed by atoms with Crippen LogP contribution in [0.2, 0.25) is 0 Å². The van der Waals surface area contributed by atoms with E-state index >= 15 is 0 Å². The quantitative estimate of drug-likeness (QED) is 0.826. The molecular formula is C18H24N4O3. The van der Waals surface area contributed by atoms with Gasteiger partial charge in [-0.3, -0.25) is 9.69 Å². The molecule has 0 unspecified atom stereocenters. The van der Waals surface area contributed by atoms with Crippen LogP contribution in [-0.2, 0) is 9.53 Å². The molecule has 3 rings (SSSR count). The van der Waals surface area contributed by atoms with E-state index in [-0.39, 0.29) is 24.1 Å². The van der Waals surface area contributed by atoms with Crippen LogP contribution in [0.3, 0.4) is 0 Å². The topological polar surface area (TPSA) is 71.7 Å². The Kier molecular flexibility index (Phi) is 5.15. The van der Waals surface area contributed by atoms with Crippen LogP contribution in [0.25, 0.3) is 0 Å². The fraction of sp³-hybridized carbons (Fsp3) is 0.500. The minimum atomic E-state index is -0.372. The maximum absolute atomic E-state index is 13.4. The van der Waals surface area contributed by atoms with E-state index in [1.54, 1.807) is 18.9 Å². The van der Waals surface area contributed by atoms with Crippen molar-refractivity contribution in [1.82, 2.24) is 19.9 Å². The average Bonchev–Trinajstić information content (AvgIpc) is 3.21. The molecule has 0 bridgehead atoms. The third kappa shape index (κ3) is 3.57. The molecule has 0 aliphatic carbocycles. The summed E-state index contributed by atoms with van der Waals surface area (Å²) >= 11 is 0. The number of likely N-dealkylation sites (N-methyl/N-ethyl adjacent to an activating group) is 1. The van der Waals surface area contributed by atoms with Gasteiger partial charge in [0.25, 0.3) is 0 Å². The number of methoxy groups -OCH3 is 1. The number of likely N-dealkylation sites (tertiary alicyclic amines) is 1. The van der Waals surface area contributed by atoms with Crippen molar-refractivity contribution in [2.75, 3.05) is 27.7 Å². The second-order valence-corrected chi connectivity index (χ2v) is 6.56. The first-order valence-corrected chi connectivity index (χ1v) is 8.36. The highest BCUT2D eigenvalue weighted by atomic mass is 16.5. The van der Waals surface area contributed by atoms with E-state index in [0.29, 0.717) is 24.7 Å². The number of rotatable bonds is 5. The largest absolute Gasteiger partial charge is 0.380 e. The van der Waals surface area contributed by atoms with Crippen molar-refractivity contribution in [3.8, 4) is 0 Å². The van der Waals surface area contributed by atoms with Gasteiger partial charge in [0.1, 0.15) is 12.1 Å². The van der Waals surface area contributed by atoms with Gasteiger partial charge in [-0.2, -0.15) is 4.98 Å². The number of benzene rings is 1. The lowest BCUT2D eigenvalue weighted by atomic mass is 10.0. The predicted octanol–water partition coefficient (Wildman–Crippen LogP) is 1.97. The SMILES string of the molecule is CO[C@@H]1C[C@H](c2nc(C)no2)N(C(=O)[C@H](c2ccccc2)N(C)C)C1. The number of nitrogens with zero attached hydrogens (tertiary/aromatic N) is 4. The van der Waals surface area contributed by atoms with Crippen LogP contribution in [0.1, 0.15) is 35.8 Å². The van der Waals surface area contributed by atoms with Crippen LogP contribution in [-0.4, -0.2) is 59.7 Å². The summed E-state index contributed by atoms with van der Waals surface area (Å²) in [5.41, 5.74) is 0.957. The molecule has 0 spiro atoms. The number of hydrogen-bond acceptors (Lipinski definition) is 6. The zero-order valence-electron chi connectivity index (χ0n) is 15.0. The lowest BCUT2D eigenvalue weighted by Crippen LogP contribution is -2.41. The van der Waals surface area contributed by atoms with Gasteiger partial charge in [-0.1, -0.05) is 35.5 Å². The Hall–Kier alpha value is -2.25. The van der Waals surface area contributed by atoms with Gasteiger partial charge in [0.15, 0.2) is 5.82 Å². The van der Waals surface area contributed by atoms with Crippen LogP contribution >= 0.6 is 0 Å². The van der Waals surface area contributed by atoms with E-state index in [1.165, 1.54) is 0 Å². The van der Waals surface area contributed by atoms with Crippen LogP contribution in [0.4, 0.5) is 0 Å². The van der Waals surface area contributed by atoms with Crippen LogP contribution in [0.15, 0.2) is 34.9 Å². The molecule has 2 aromatic rings. The normalized spacial score (nSPS) is 21.7. The standard InChI is InChI=1S/C18H24N4O3/c1-12-19-17(25-20-12)15-10-14(24-4)11-22(15)18(23)16(21(2)3)13-8-6-5-7-9-13/h5-9,14-16H,10-11H2,1-4H3/t14-,15-,16+/m1/s1. The Morgan fingerprint density at radius 1 is 1.36 bits per heavy atom. The first-order valence-electron chi connectivity index (χ1n) is 8.36. The first kappa shape index (κ1) is 17.6. The second-order valence-electron chi connectivity index (χ2n) is 6.56. The molecule has 1 aromatic heterocycles. The minimum Gasteiger partial charge on any atom is -0.380 e. The molecule has 2 heterocycles. The molecule has 0 saturated carbocycles. The van der Waals surface area contributed by atoms with Crippen LogP contribution in [0, 0.1) is 6.92 Å². The van der Waals surface area contributed by atoms with Crippen molar-refractivity contribution < 1.29 is 14.1 Å². The molecule has 1 amide bonds. The second kappa shape index (κ2) is 7.33. The predicted molar refractivity (Wildman–Crippen MR) is 91.8 cm³/mol. The van der Waals surface area contributed by atoms with E-state index in [9.17, 15) is 4.79 Å². The number of amides is 1. The molecule has 134 valence electrons. The van der Waals surface area contributed by atoms with Gasteiger partial charge in [0, 0.05) is 20.1 Å². The molecule has 1 saturated heterocycles. The third-order valence-corrected chi connectivity index (χ3v) is 4.57. The van der Waals surface area contributed by atoms with Crippen molar-refractivity contribution in [1.29, 1.82) is 0 Å². The molecule has 3 atom stereocenters. The first-order chi connectivity index (χ1) is 12.0. The summed E-state index contributed by atoms with van der Waals surface area (Å²) in [7, 11) is 5.48. The molecule has 0 N–H and O–H groups in total. The monoisotopic (exact) mass is 344 g/mol. The average molecular weight is 344 g/mol. The number of aromatic nitrogens is 2. The summed E-state index contributed by atoms with van der Waals surface area (Å²) in [6.07, 6.45) is 0.610. The van der Waals surface area contributed by atoms with Gasteiger partial charge in [0.2, 0.25) is 11.8 Å². The Bertz CT molecular complexity index is 716. The molecule has 1 aromatic carbocycles. The number of carbonyl (C=O) groups excluding carboxylic acids is 1. The zero-order valence-corrected chi connectivity index (χ0v) is 15.0. The summed E-state index contributed by atoms with van der Waals surface area (Å²) in [5.74, 6) is 1.04. The molecule has 1 aliphatic rings. The van der Waals surface area contributed by atoms with Gasteiger partial charge in [-0.05, 0) is 26.6 Å². The fourth-order valence-corrected chi connectivity index (χ4v) is 3.35. The van der Waals surface area contributed by atoms with Crippen LogP contribution in [0.5, 0.6) is 0 Å². The highest BCUT2D eigenvalue weighted by molar-refractivity contribution is 5.84. The van der Waals surface area contributed by atoms with E-state index < -0.39 is 0 Å². The van der Waals surface area contributed by atoms with Gasteiger partial charge < -0.3 is 14.2 Å². The Labute approximate surface area is 147 Å². The van der Waals surface area contributed by atoms with Gasteiger partial charge in [-0.25, -0.2) is 0 Å². The molecule has 7 heteroatoms. The van der Waals surface area contributed by atoms with Crippen molar-refractivity contribution in [3.05, 3.63) is 47.6 Å². The van der Waals surface area contributed by atoms with Crippen LogP contribution < -0.4 is 0 Å². The molecule has 1 aliphatic heterocycles. The van der Waals surface area contributed by atoms with Gasteiger partial charge in [-0.15, -0.1) is 0 Å². The highest BCUT2D eigenvalue weighted by Gasteiger charge is 2.42. The highest BCUT2D eigenvalue weighted by Crippen LogP contribution is 2.35. The van der Waals surface area contributed by atoms with Gasteiger partial charge in [0.05, 0.1) is 6.10 Å². The summed E-state index contributed by atoms with van der Waals surface area (Å²) in [5, 5.41) is 3.87. The fourth-order valence-electron chi connectivity index (χ4n) is 3.35. The number of hydrogen-bond donors (Lipinski definition) is 0. The third-order valence-electron chi connectivity index (χ3n) is 4.57. The maximum Gasteiger partial charge on any atom is 0.249 e. The maximum atomic E-state index is 13.4. The lowest BCUT2D eigenvalue weighted by molar-refractivity contribution is -0.138. The van der Waals surface area contributed by atoms with E-state index in [2.05, 4.69) is 10.1 Å². The molecule has 25 heavy (non-hydrogen) atoms. The number of aryl methyl sites for hydroxylation is 1. The Morgan fingerprint density at radius 2 is 2.08 bits per heavy atom. The minimum absolute atomic E-state index is 0.0107. The lowest BCUT2D eigenvalue weighted by Gasteiger charge is -2.30. The summed E-state index contributed by atoms with van der Waals surface area (Å²) < 4.78 is 10.8. The number of ether oxygens (including phenoxy) is 1. The molecule has 0 radical (unpaired) electrons. The Morgan fingerprint density at radius 3 is 2.64 bits per heavy atom. The number of carbonyl (C=O) groups is 1. The molecular weight excluding hydrogens is 320 g/mol. The van der Waals surface area contributed by atoms with E-state index in [0.717, 1.165) is 5.56 Å². The van der Waals surface area contributed by atoms with Crippen molar-refractivity contribution in [2.45, 2.75) is 31.5 Å². The summed E-state index contributed by atoms with van der Waals surface area (Å²) in [6, 6.07) is 9.14. The van der Waals surface area contributed by atoms with Crippen molar-refractivity contribution in [3.63, 3.8) is 0 Å². The van der Waals surface area contributed by atoms with E-state index in [4.69, 9.17) is 9.26 Å². The molecule has 7 nitrogen and oxygen atoms in total. The summed E-state index contributed by atoms with van der Waals surface area (Å²) in [6.45, 7) is 2.28. The molecule has 1 fully saturated rings. The van der Waals surface area contributed by atoms with Crippen molar-refractivity contribution in [2.24, 2.45) is 0 Å². The van der Waals surface area contributed by atoms with Crippen molar-refractivity contribution >= 4 is 5.91 Å². The zero-order chi connectivity index (χ0) is 18.0. The Balaban J connectivity index is 1.91. The smallest absolute Gasteiger partial charge is 0.249 e. The summed E-state index contributed by atoms with van der Waals surface area (Å²) in [4.78, 5) is 21.4. The van der Waals surface area contributed by atoms with E-state index in [1.807, 2.05) is 49.3 Å².